The topological polar surface area (TPSA) is 69.6 Å². The first-order valence-corrected chi connectivity index (χ1v) is 6.83. The number of nitrogens with zero attached hydrogens (tertiary/aromatic N) is 1. The molecule has 0 aliphatic carbocycles. The van der Waals surface area contributed by atoms with Crippen molar-refractivity contribution in [3.05, 3.63) is 35.9 Å². The van der Waals surface area contributed by atoms with Crippen molar-refractivity contribution < 1.29 is 14.7 Å². The summed E-state index contributed by atoms with van der Waals surface area (Å²) in [5.74, 6) is -1.00. The molecule has 0 spiro atoms. The Morgan fingerprint density at radius 1 is 1.30 bits per heavy atom. The van der Waals surface area contributed by atoms with Gasteiger partial charge in [0, 0.05) is 13.6 Å². The highest BCUT2D eigenvalue weighted by molar-refractivity contribution is 5.82. The lowest BCUT2D eigenvalue weighted by molar-refractivity contribution is -0.139. The van der Waals surface area contributed by atoms with Crippen LogP contribution in [0.5, 0.6) is 0 Å². The number of hydrogen-bond donors (Lipinski definition) is 2. The van der Waals surface area contributed by atoms with Crippen molar-refractivity contribution >= 4 is 12.0 Å². The van der Waals surface area contributed by atoms with E-state index in [0.717, 1.165) is 12.0 Å². The largest absolute Gasteiger partial charge is 0.480 e. The molecule has 2 amide bonds. The van der Waals surface area contributed by atoms with Crippen LogP contribution in [0, 0.1) is 0 Å². The van der Waals surface area contributed by atoms with Gasteiger partial charge in [0.2, 0.25) is 0 Å². The molecule has 110 valence electrons. The third-order valence-corrected chi connectivity index (χ3v) is 3.07. The number of nitrogens with one attached hydrogen (secondary N) is 1. The number of carbonyl (C=O) groups excluding carboxylic acids is 1. The second kappa shape index (κ2) is 8.19. The first kappa shape index (κ1) is 16.0. The Bertz CT molecular complexity index is 434. The molecule has 2 N–H and O–H groups in total. The minimum atomic E-state index is -1.00. The van der Waals surface area contributed by atoms with Crippen molar-refractivity contribution in [1.29, 1.82) is 0 Å². The second-order valence-electron chi connectivity index (χ2n) is 4.79. The first-order chi connectivity index (χ1) is 9.54. The highest BCUT2D eigenvalue weighted by Crippen LogP contribution is 2.06. The molecule has 0 aliphatic rings. The van der Waals surface area contributed by atoms with Crippen molar-refractivity contribution in [1.82, 2.24) is 10.2 Å². The summed E-state index contributed by atoms with van der Waals surface area (Å²) in [6.07, 6.45) is 1.84. The number of aryl methyl sites for hydroxylation is 1. The van der Waals surface area contributed by atoms with Gasteiger partial charge in [0.25, 0.3) is 0 Å². The Hall–Kier alpha value is -2.04. The Labute approximate surface area is 119 Å². The number of carboxylic acids is 1. The number of carbonyl (C=O) groups is 2. The van der Waals surface area contributed by atoms with Gasteiger partial charge in [0.1, 0.15) is 6.04 Å². The minimum Gasteiger partial charge on any atom is -0.480 e. The van der Waals surface area contributed by atoms with E-state index in [1.165, 1.54) is 4.90 Å². The molecule has 0 fully saturated rings. The summed E-state index contributed by atoms with van der Waals surface area (Å²) in [5, 5.41) is 11.7. The van der Waals surface area contributed by atoms with Crippen LogP contribution in [-0.4, -0.2) is 41.6 Å². The SMILES string of the molecule is CCCN(C)C(=O)NC(CCc1ccccc1)C(=O)O. The standard InChI is InChI=1S/C15H22N2O3/c1-3-11-17(2)15(20)16-13(14(18)19)10-9-12-7-5-4-6-8-12/h4-8,13H,3,9-11H2,1-2H3,(H,16,20)(H,18,19). The average molecular weight is 278 g/mol. The summed E-state index contributed by atoms with van der Waals surface area (Å²) in [4.78, 5) is 24.5. The number of carboxylic acid groups (broad SMARTS) is 1. The zero-order chi connectivity index (χ0) is 15.0. The molecule has 1 unspecified atom stereocenters. The smallest absolute Gasteiger partial charge is 0.326 e. The second-order valence-corrected chi connectivity index (χ2v) is 4.79. The average Bonchev–Trinajstić information content (AvgIpc) is 2.44. The highest BCUT2D eigenvalue weighted by atomic mass is 16.4. The van der Waals surface area contributed by atoms with Crippen molar-refractivity contribution in [2.45, 2.75) is 32.2 Å². The molecule has 20 heavy (non-hydrogen) atoms. The molecule has 0 radical (unpaired) electrons. The van der Waals surface area contributed by atoms with Crippen LogP contribution in [0.4, 0.5) is 4.79 Å². The molecule has 0 saturated carbocycles. The summed E-state index contributed by atoms with van der Waals surface area (Å²) in [6.45, 7) is 2.57. The Morgan fingerprint density at radius 2 is 1.95 bits per heavy atom. The van der Waals surface area contributed by atoms with Crippen molar-refractivity contribution in [2.24, 2.45) is 0 Å². The first-order valence-electron chi connectivity index (χ1n) is 6.83. The van der Waals surface area contributed by atoms with Crippen LogP contribution >= 0.6 is 0 Å². The lowest BCUT2D eigenvalue weighted by Gasteiger charge is -2.21. The number of rotatable bonds is 7. The van der Waals surface area contributed by atoms with Crippen LogP contribution in [0.2, 0.25) is 0 Å². The third-order valence-electron chi connectivity index (χ3n) is 3.07. The van der Waals surface area contributed by atoms with Gasteiger partial charge in [0.05, 0.1) is 0 Å². The Morgan fingerprint density at radius 3 is 2.50 bits per heavy atom. The molecule has 1 aromatic carbocycles. The molecule has 1 atom stereocenters. The molecule has 0 aliphatic heterocycles. The molecule has 0 bridgehead atoms. The van der Waals surface area contributed by atoms with E-state index >= 15 is 0 Å². The number of hydrogen-bond acceptors (Lipinski definition) is 2. The predicted octanol–water partition coefficient (Wildman–Crippen LogP) is 2.12. The Kier molecular flexibility index (Phi) is 6.56. The van der Waals surface area contributed by atoms with Gasteiger partial charge < -0.3 is 15.3 Å². The van der Waals surface area contributed by atoms with Crippen LogP contribution < -0.4 is 5.32 Å². The quantitative estimate of drug-likeness (QED) is 0.802. The fourth-order valence-electron chi connectivity index (χ4n) is 1.91. The molecular weight excluding hydrogens is 256 g/mol. The molecule has 0 saturated heterocycles. The van der Waals surface area contributed by atoms with Crippen LogP contribution in [-0.2, 0) is 11.2 Å². The molecule has 0 heterocycles. The third kappa shape index (κ3) is 5.30. The number of amides is 2. The zero-order valence-electron chi connectivity index (χ0n) is 12.0. The van der Waals surface area contributed by atoms with E-state index in [0.29, 0.717) is 19.4 Å². The van der Waals surface area contributed by atoms with Crippen molar-refractivity contribution in [2.75, 3.05) is 13.6 Å². The van der Waals surface area contributed by atoms with Gasteiger partial charge in [0.15, 0.2) is 0 Å². The molecule has 1 aromatic rings. The van der Waals surface area contributed by atoms with E-state index in [1.54, 1.807) is 7.05 Å². The summed E-state index contributed by atoms with van der Waals surface area (Å²) < 4.78 is 0. The van der Waals surface area contributed by atoms with Crippen molar-refractivity contribution in [3.63, 3.8) is 0 Å². The maximum atomic E-state index is 11.8. The molecular formula is C15H22N2O3. The van der Waals surface area contributed by atoms with Gasteiger partial charge in [-0.3, -0.25) is 0 Å². The van der Waals surface area contributed by atoms with E-state index in [9.17, 15) is 14.7 Å². The van der Waals surface area contributed by atoms with Crippen LogP contribution in [0.1, 0.15) is 25.3 Å². The van der Waals surface area contributed by atoms with E-state index in [1.807, 2.05) is 37.3 Å². The van der Waals surface area contributed by atoms with Crippen molar-refractivity contribution in [3.8, 4) is 0 Å². The normalized spacial score (nSPS) is 11.7. The molecule has 5 heteroatoms. The van der Waals surface area contributed by atoms with Gasteiger partial charge in [-0.1, -0.05) is 37.3 Å². The van der Waals surface area contributed by atoms with Gasteiger partial charge >= 0.3 is 12.0 Å². The summed E-state index contributed by atoms with van der Waals surface area (Å²) in [7, 11) is 1.66. The summed E-state index contributed by atoms with van der Waals surface area (Å²) in [6, 6.07) is 8.44. The summed E-state index contributed by atoms with van der Waals surface area (Å²) in [5.41, 5.74) is 1.06. The minimum absolute atomic E-state index is 0.340. The van der Waals surface area contributed by atoms with Crippen LogP contribution in [0.15, 0.2) is 30.3 Å². The number of urea groups is 1. The Balaban J connectivity index is 2.52. The fourth-order valence-corrected chi connectivity index (χ4v) is 1.91. The van der Waals surface area contributed by atoms with E-state index < -0.39 is 12.0 Å². The van der Waals surface area contributed by atoms with Crippen LogP contribution in [0.25, 0.3) is 0 Å². The van der Waals surface area contributed by atoms with Gasteiger partial charge in [-0.2, -0.15) is 0 Å². The maximum absolute atomic E-state index is 11.8. The molecule has 5 nitrogen and oxygen atoms in total. The number of benzene rings is 1. The van der Waals surface area contributed by atoms with Crippen LogP contribution in [0.3, 0.4) is 0 Å². The molecule has 0 aromatic heterocycles. The fraction of sp³-hybridized carbons (Fsp3) is 0.467. The van der Waals surface area contributed by atoms with E-state index in [-0.39, 0.29) is 6.03 Å². The lowest BCUT2D eigenvalue weighted by Crippen LogP contribution is -2.47. The maximum Gasteiger partial charge on any atom is 0.326 e. The predicted molar refractivity (Wildman–Crippen MR) is 77.6 cm³/mol. The monoisotopic (exact) mass is 278 g/mol. The molecule has 1 rings (SSSR count). The van der Waals surface area contributed by atoms with Gasteiger partial charge in [-0.15, -0.1) is 0 Å². The number of aliphatic carboxylic acids is 1. The van der Waals surface area contributed by atoms with E-state index in [4.69, 9.17) is 0 Å². The van der Waals surface area contributed by atoms with E-state index in [2.05, 4.69) is 5.32 Å². The zero-order valence-corrected chi connectivity index (χ0v) is 12.0. The lowest BCUT2D eigenvalue weighted by atomic mass is 10.1. The summed E-state index contributed by atoms with van der Waals surface area (Å²) >= 11 is 0. The highest BCUT2D eigenvalue weighted by Gasteiger charge is 2.21. The van der Waals surface area contributed by atoms with Gasteiger partial charge in [-0.05, 0) is 24.8 Å². The van der Waals surface area contributed by atoms with Gasteiger partial charge in [-0.25, -0.2) is 9.59 Å².